The summed E-state index contributed by atoms with van der Waals surface area (Å²) in [4.78, 5) is 18.4. The first kappa shape index (κ1) is 24.7. The van der Waals surface area contributed by atoms with Crippen LogP contribution in [0.1, 0.15) is 30.5 Å². The lowest BCUT2D eigenvalue weighted by atomic mass is 9.96. The van der Waals surface area contributed by atoms with Crippen molar-refractivity contribution in [3.8, 4) is 17.1 Å². The Balaban J connectivity index is 1.05. The van der Waals surface area contributed by atoms with Gasteiger partial charge in [-0.05, 0) is 68.4 Å². The number of benzene rings is 2. The third kappa shape index (κ3) is 4.71. The zero-order valence-electron chi connectivity index (χ0n) is 22.0. The number of pyridine rings is 1. The number of likely N-dealkylation sites (N-methyl/N-ethyl adjacent to an activating group) is 1. The van der Waals surface area contributed by atoms with Gasteiger partial charge in [-0.2, -0.15) is 0 Å². The fraction of sp³-hybridized carbons (Fsp3) is 0.379. The molecular weight excluding hydrogens is 496 g/mol. The van der Waals surface area contributed by atoms with Crippen molar-refractivity contribution in [1.29, 1.82) is 0 Å². The topological polar surface area (TPSA) is 85.2 Å². The Morgan fingerprint density at radius 3 is 2.95 bits per heavy atom. The molecule has 196 valence electrons. The Hall–Kier alpha value is -3.59. The smallest absolute Gasteiger partial charge is 0.264 e. The lowest BCUT2D eigenvalue weighted by Gasteiger charge is -2.27. The molecule has 1 amide bonds. The molecule has 6 rings (SSSR count). The van der Waals surface area contributed by atoms with Crippen molar-refractivity contribution < 1.29 is 9.53 Å². The molecule has 0 spiro atoms. The minimum absolute atomic E-state index is 0.0132. The van der Waals surface area contributed by atoms with Crippen LogP contribution in [0.3, 0.4) is 0 Å². The van der Waals surface area contributed by atoms with E-state index in [-0.39, 0.29) is 12.5 Å². The van der Waals surface area contributed by atoms with E-state index < -0.39 is 0 Å². The number of nitrogens with one attached hydrogen (secondary N) is 1. The largest absolute Gasteiger partial charge is 0.482 e. The van der Waals surface area contributed by atoms with E-state index in [1.54, 1.807) is 16.7 Å². The Labute approximate surface area is 226 Å². The maximum absolute atomic E-state index is 12.0. The minimum Gasteiger partial charge on any atom is -0.482 e. The second-order valence-electron chi connectivity index (χ2n) is 10.2. The SMILES string of the molecule is Cc1ccc2c(-c3nnc(SCCCC4CCc5cc6c(cc5NC4)N(C)C(=O)CO6)n3C)cccc2n1. The summed E-state index contributed by atoms with van der Waals surface area (Å²) in [7, 11) is 3.85. The van der Waals surface area contributed by atoms with Crippen molar-refractivity contribution in [2.75, 3.05) is 36.2 Å². The number of ether oxygens (including phenoxy) is 1. The molecule has 0 radical (unpaired) electrons. The minimum atomic E-state index is -0.0132. The molecule has 2 aliphatic heterocycles. The van der Waals surface area contributed by atoms with E-state index in [9.17, 15) is 4.79 Å². The second kappa shape index (κ2) is 10.3. The van der Waals surface area contributed by atoms with Gasteiger partial charge in [0.2, 0.25) is 0 Å². The van der Waals surface area contributed by atoms with Gasteiger partial charge in [-0.25, -0.2) is 0 Å². The van der Waals surface area contributed by atoms with Gasteiger partial charge in [0, 0.05) is 48.7 Å². The van der Waals surface area contributed by atoms with Crippen molar-refractivity contribution in [1.82, 2.24) is 19.7 Å². The van der Waals surface area contributed by atoms with Gasteiger partial charge in [-0.15, -0.1) is 10.2 Å². The lowest BCUT2D eigenvalue weighted by Crippen LogP contribution is -2.35. The zero-order chi connectivity index (χ0) is 26.2. The third-order valence-corrected chi connectivity index (χ3v) is 8.72. The Morgan fingerprint density at radius 2 is 2.05 bits per heavy atom. The maximum Gasteiger partial charge on any atom is 0.264 e. The Bertz CT molecular complexity index is 1520. The molecule has 0 fully saturated rings. The van der Waals surface area contributed by atoms with Gasteiger partial charge in [0.1, 0.15) is 5.75 Å². The van der Waals surface area contributed by atoms with E-state index in [1.807, 2.05) is 39.2 Å². The van der Waals surface area contributed by atoms with Gasteiger partial charge in [0.15, 0.2) is 17.6 Å². The molecule has 2 aromatic carbocycles. The molecule has 1 atom stereocenters. The number of carbonyl (C=O) groups is 1. The predicted octanol–water partition coefficient (Wildman–Crippen LogP) is 5.24. The van der Waals surface area contributed by atoms with Gasteiger partial charge < -0.3 is 19.5 Å². The second-order valence-corrected chi connectivity index (χ2v) is 11.2. The maximum atomic E-state index is 12.0. The van der Waals surface area contributed by atoms with Crippen LogP contribution in [0.15, 0.2) is 47.6 Å². The van der Waals surface area contributed by atoms with Gasteiger partial charge in [0.25, 0.3) is 5.91 Å². The molecule has 1 N–H and O–H groups in total. The van der Waals surface area contributed by atoms with Crippen molar-refractivity contribution >= 4 is 39.9 Å². The number of aryl methyl sites for hydroxylation is 2. The average molecular weight is 529 g/mol. The molecule has 4 heterocycles. The average Bonchev–Trinajstić information content (AvgIpc) is 3.16. The highest BCUT2D eigenvalue weighted by molar-refractivity contribution is 7.99. The molecule has 0 bridgehead atoms. The molecule has 2 aromatic heterocycles. The van der Waals surface area contributed by atoms with Crippen LogP contribution < -0.4 is 15.0 Å². The monoisotopic (exact) mass is 528 g/mol. The highest BCUT2D eigenvalue weighted by Crippen LogP contribution is 2.38. The van der Waals surface area contributed by atoms with Crippen LogP contribution >= 0.6 is 11.8 Å². The molecule has 1 unspecified atom stereocenters. The number of thioether (sulfide) groups is 1. The predicted molar refractivity (Wildman–Crippen MR) is 152 cm³/mol. The molecule has 0 saturated carbocycles. The highest BCUT2D eigenvalue weighted by atomic mass is 32.2. The van der Waals surface area contributed by atoms with Gasteiger partial charge in [-0.3, -0.25) is 9.78 Å². The van der Waals surface area contributed by atoms with Gasteiger partial charge in [-0.1, -0.05) is 30.0 Å². The van der Waals surface area contributed by atoms with E-state index in [2.05, 4.69) is 49.3 Å². The lowest BCUT2D eigenvalue weighted by molar-refractivity contribution is -0.120. The summed E-state index contributed by atoms with van der Waals surface area (Å²) in [6.45, 7) is 3.07. The summed E-state index contributed by atoms with van der Waals surface area (Å²) in [5, 5.41) is 14.7. The van der Waals surface area contributed by atoms with Crippen LogP contribution in [-0.4, -0.2) is 51.6 Å². The number of anilines is 2. The van der Waals surface area contributed by atoms with Crippen molar-refractivity contribution in [3.63, 3.8) is 0 Å². The summed E-state index contributed by atoms with van der Waals surface area (Å²) in [6.07, 6.45) is 4.42. The van der Waals surface area contributed by atoms with Crippen LogP contribution in [0.5, 0.6) is 5.75 Å². The summed E-state index contributed by atoms with van der Waals surface area (Å²) in [5.74, 6) is 3.26. The number of amides is 1. The highest BCUT2D eigenvalue weighted by Gasteiger charge is 2.25. The molecule has 0 saturated heterocycles. The normalized spacial score (nSPS) is 17.0. The van der Waals surface area contributed by atoms with Crippen LogP contribution in [0.4, 0.5) is 11.4 Å². The summed E-state index contributed by atoms with van der Waals surface area (Å²) >= 11 is 1.77. The first-order chi connectivity index (χ1) is 18.5. The fourth-order valence-electron chi connectivity index (χ4n) is 5.36. The van der Waals surface area contributed by atoms with Crippen molar-refractivity contribution in [2.24, 2.45) is 13.0 Å². The standard InChI is InChI=1S/C29H32N6O2S/c1-18-9-12-21-22(7-4-8-23(21)31-18)28-32-33-29(35(28)3)38-13-5-6-19-10-11-20-14-26-25(15-24(20)30-16-19)34(2)27(36)17-37-26/h4,7-9,12,14-15,19,30H,5-6,10-11,13,16-17H2,1-3H3. The fourth-order valence-corrected chi connectivity index (χ4v) is 6.23. The van der Waals surface area contributed by atoms with Crippen LogP contribution in [0, 0.1) is 12.8 Å². The number of rotatable bonds is 6. The summed E-state index contributed by atoms with van der Waals surface area (Å²) in [5.41, 5.74) is 6.29. The van der Waals surface area contributed by atoms with Gasteiger partial charge in [0.05, 0.1) is 11.2 Å². The van der Waals surface area contributed by atoms with E-state index in [0.29, 0.717) is 5.92 Å². The number of hydrogen-bond acceptors (Lipinski definition) is 7. The van der Waals surface area contributed by atoms with E-state index in [0.717, 1.165) is 88.2 Å². The van der Waals surface area contributed by atoms with Crippen molar-refractivity contribution in [2.45, 2.75) is 37.8 Å². The first-order valence-corrected chi connectivity index (χ1v) is 14.2. The molecule has 38 heavy (non-hydrogen) atoms. The molecule has 0 aliphatic carbocycles. The van der Waals surface area contributed by atoms with E-state index in [4.69, 9.17) is 4.74 Å². The Kier molecular flexibility index (Phi) is 6.69. The van der Waals surface area contributed by atoms with Crippen LogP contribution in [0.2, 0.25) is 0 Å². The molecular formula is C29H32N6O2S. The van der Waals surface area contributed by atoms with E-state index >= 15 is 0 Å². The summed E-state index contributed by atoms with van der Waals surface area (Å²) < 4.78 is 7.78. The number of hydrogen-bond donors (Lipinski definition) is 1. The molecule has 8 nitrogen and oxygen atoms in total. The number of fused-ring (bicyclic) bond motifs is 3. The van der Waals surface area contributed by atoms with Crippen molar-refractivity contribution in [3.05, 3.63) is 53.7 Å². The third-order valence-electron chi connectivity index (χ3n) is 7.61. The van der Waals surface area contributed by atoms with Gasteiger partial charge >= 0.3 is 0 Å². The first-order valence-electron chi connectivity index (χ1n) is 13.2. The molecule has 4 aromatic rings. The quantitative estimate of drug-likeness (QED) is 0.271. The number of aromatic nitrogens is 4. The number of nitrogens with zero attached hydrogens (tertiary/aromatic N) is 5. The molecule has 9 heteroatoms. The number of carbonyl (C=O) groups excluding carboxylic acids is 1. The summed E-state index contributed by atoms with van der Waals surface area (Å²) in [6, 6.07) is 14.5. The van der Waals surface area contributed by atoms with Crippen LogP contribution in [-0.2, 0) is 18.3 Å². The zero-order valence-corrected chi connectivity index (χ0v) is 22.8. The van der Waals surface area contributed by atoms with Crippen LogP contribution in [0.25, 0.3) is 22.3 Å². The molecule has 2 aliphatic rings. The Morgan fingerprint density at radius 1 is 1.16 bits per heavy atom. The van der Waals surface area contributed by atoms with E-state index in [1.165, 1.54) is 5.56 Å².